The van der Waals surface area contributed by atoms with Gasteiger partial charge in [-0.15, -0.1) is 0 Å². The molecule has 1 aromatic rings. The van der Waals surface area contributed by atoms with Crippen LogP contribution < -0.4 is 5.32 Å². The maximum atomic E-state index is 6.05. The maximum absolute atomic E-state index is 6.05. The van der Waals surface area contributed by atoms with E-state index < -0.39 is 0 Å². The average molecular weight is 292 g/mol. The monoisotopic (exact) mass is 292 g/mol. The molecule has 2 unspecified atom stereocenters. The molecular formula is C16H28N4O. The summed E-state index contributed by atoms with van der Waals surface area (Å²) in [6, 6.07) is 0.677. The van der Waals surface area contributed by atoms with Crippen LogP contribution in [0.3, 0.4) is 0 Å². The molecular weight excluding hydrogens is 264 g/mol. The second-order valence-corrected chi connectivity index (χ2v) is 6.81. The van der Waals surface area contributed by atoms with Crippen molar-refractivity contribution in [1.29, 1.82) is 0 Å². The van der Waals surface area contributed by atoms with Gasteiger partial charge in [0.05, 0.1) is 31.3 Å². The molecule has 5 heteroatoms. The van der Waals surface area contributed by atoms with E-state index in [1.165, 1.54) is 25.1 Å². The lowest BCUT2D eigenvalue weighted by molar-refractivity contribution is -0.0554. The van der Waals surface area contributed by atoms with Gasteiger partial charge in [0.2, 0.25) is 0 Å². The van der Waals surface area contributed by atoms with Crippen LogP contribution >= 0.6 is 0 Å². The summed E-state index contributed by atoms with van der Waals surface area (Å²) in [5, 5.41) is 3.49. The first-order valence-electron chi connectivity index (χ1n) is 8.27. The van der Waals surface area contributed by atoms with Crippen LogP contribution in [-0.4, -0.2) is 52.8 Å². The number of hydrogen-bond donors (Lipinski definition) is 1. The molecule has 0 spiro atoms. The van der Waals surface area contributed by atoms with Crippen molar-refractivity contribution in [3.63, 3.8) is 0 Å². The standard InChI is InChI=1S/C16H28N4O/c1-13(2)6-17-7-15-8-18-12-20(15)10-16-9-19-5-3-4-14(19)11-21-16/h8,12-14,16-17H,3-7,9-11H2,1-2H3. The van der Waals surface area contributed by atoms with Crippen molar-refractivity contribution in [2.24, 2.45) is 5.92 Å². The van der Waals surface area contributed by atoms with Gasteiger partial charge in [-0.3, -0.25) is 4.90 Å². The number of ether oxygens (including phenoxy) is 1. The van der Waals surface area contributed by atoms with Crippen molar-refractivity contribution in [2.45, 2.75) is 51.9 Å². The van der Waals surface area contributed by atoms with Crippen molar-refractivity contribution in [2.75, 3.05) is 26.2 Å². The van der Waals surface area contributed by atoms with Crippen molar-refractivity contribution in [3.8, 4) is 0 Å². The Balaban J connectivity index is 1.52. The minimum absolute atomic E-state index is 0.303. The molecule has 2 aliphatic rings. The maximum Gasteiger partial charge on any atom is 0.0949 e. The fourth-order valence-electron chi connectivity index (χ4n) is 3.36. The second-order valence-electron chi connectivity index (χ2n) is 6.81. The van der Waals surface area contributed by atoms with Gasteiger partial charge in [0, 0.05) is 25.3 Å². The zero-order valence-electron chi connectivity index (χ0n) is 13.3. The van der Waals surface area contributed by atoms with Gasteiger partial charge in [-0.05, 0) is 31.8 Å². The summed E-state index contributed by atoms with van der Waals surface area (Å²) in [4.78, 5) is 6.90. The highest BCUT2D eigenvalue weighted by Crippen LogP contribution is 2.23. The number of hydrogen-bond acceptors (Lipinski definition) is 4. The highest BCUT2D eigenvalue weighted by atomic mass is 16.5. The van der Waals surface area contributed by atoms with Crippen LogP contribution in [0.15, 0.2) is 12.5 Å². The molecule has 1 aromatic heterocycles. The largest absolute Gasteiger partial charge is 0.373 e. The van der Waals surface area contributed by atoms with Crippen LogP contribution in [0, 0.1) is 5.92 Å². The van der Waals surface area contributed by atoms with E-state index in [9.17, 15) is 0 Å². The molecule has 2 saturated heterocycles. The summed E-state index contributed by atoms with van der Waals surface area (Å²) < 4.78 is 8.30. The molecule has 2 aliphatic heterocycles. The molecule has 0 bridgehead atoms. The van der Waals surface area contributed by atoms with Gasteiger partial charge < -0.3 is 14.6 Å². The molecule has 3 rings (SSSR count). The molecule has 2 atom stereocenters. The van der Waals surface area contributed by atoms with E-state index in [4.69, 9.17) is 4.74 Å². The highest BCUT2D eigenvalue weighted by molar-refractivity contribution is 4.99. The van der Waals surface area contributed by atoms with Crippen LogP contribution in [0.4, 0.5) is 0 Å². The predicted molar refractivity (Wildman–Crippen MR) is 83.1 cm³/mol. The fraction of sp³-hybridized carbons (Fsp3) is 0.812. The third kappa shape index (κ3) is 3.84. The number of fused-ring (bicyclic) bond motifs is 1. The van der Waals surface area contributed by atoms with Crippen LogP contribution in [0.5, 0.6) is 0 Å². The Kier molecular flexibility index (Phi) is 4.93. The van der Waals surface area contributed by atoms with Gasteiger partial charge in [0.25, 0.3) is 0 Å². The van der Waals surface area contributed by atoms with Crippen molar-refractivity contribution in [1.82, 2.24) is 19.8 Å². The Bertz CT molecular complexity index is 445. The fourth-order valence-corrected chi connectivity index (χ4v) is 3.36. The van der Waals surface area contributed by atoms with E-state index in [0.717, 1.165) is 32.8 Å². The van der Waals surface area contributed by atoms with Crippen LogP contribution in [0.25, 0.3) is 0 Å². The minimum Gasteiger partial charge on any atom is -0.373 e. The molecule has 0 aromatic carbocycles. The van der Waals surface area contributed by atoms with Gasteiger partial charge >= 0.3 is 0 Å². The SMILES string of the molecule is CC(C)CNCc1cncn1CC1CN2CCCC2CO1. The number of nitrogens with one attached hydrogen (secondary N) is 1. The van der Waals surface area contributed by atoms with Gasteiger partial charge in [-0.25, -0.2) is 4.98 Å². The van der Waals surface area contributed by atoms with Gasteiger partial charge in [-0.2, -0.15) is 0 Å². The molecule has 1 N–H and O–H groups in total. The molecule has 118 valence electrons. The highest BCUT2D eigenvalue weighted by Gasteiger charge is 2.32. The van der Waals surface area contributed by atoms with Crippen LogP contribution in [-0.2, 0) is 17.8 Å². The Morgan fingerprint density at radius 3 is 3.24 bits per heavy atom. The summed E-state index contributed by atoms with van der Waals surface area (Å²) >= 11 is 0. The first-order chi connectivity index (χ1) is 10.2. The zero-order valence-corrected chi connectivity index (χ0v) is 13.3. The van der Waals surface area contributed by atoms with Gasteiger partial charge in [0.15, 0.2) is 0 Å². The molecule has 0 saturated carbocycles. The quantitative estimate of drug-likeness (QED) is 0.863. The lowest BCUT2D eigenvalue weighted by Gasteiger charge is -2.35. The van der Waals surface area contributed by atoms with Crippen LogP contribution in [0.2, 0.25) is 0 Å². The molecule has 0 aliphatic carbocycles. The molecule has 0 radical (unpaired) electrons. The first-order valence-corrected chi connectivity index (χ1v) is 8.27. The van der Waals surface area contributed by atoms with E-state index in [1.54, 1.807) is 0 Å². The van der Waals surface area contributed by atoms with Gasteiger partial charge in [0.1, 0.15) is 0 Å². The van der Waals surface area contributed by atoms with Crippen molar-refractivity contribution < 1.29 is 4.74 Å². The molecule has 2 fully saturated rings. The van der Waals surface area contributed by atoms with E-state index in [1.807, 2.05) is 12.5 Å². The van der Waals surface area contributed by atoms with E-state index >= 15 is 0 Å². The number of morpholine rings is 1. The summed E-state index contributed by atoms with van der Waals surface area (Å²) in [6.45, 7) is 10.5. The number of nitrogens with zero attached hydrogens (tertiary/aromatic N) is 3. The molecule has 0 amide bonds. The lowest BCUT2D eigenvalue weighted by Crippen LogP contribution is -2.47. The number of imidazole rings is 1. The summed E-state index contributed by atoms with van der Waals surface area (Å²) in [5.74, 6) is 0.676. The summed E-state index contributed by atoms with van der Waals surface area (Å²) in [6.07, 6.45) is 6.84. The molecule has 5 nitrogen and oxygen atoms in total. The predicted octanol–water partition coefficient (Wildman–Crippen LogP) is 1.49. The first kappa shape index (κ1) is 15.0. The molecule has 3 heterocycles. The van der Waals surface area contributed by atoms with E-state index in [2.05, 4.69) is 33.6 Å². The Hall–Kier alpha value is -0.910. The van der Waals surface area contributed by atoms with Gasteiger partial charge in [-0.1, -0.05) is 13.8 Å². The third-order valence-electron chi connectivity index (χ3n) is 4.52. The Labute approximate surface area is 127 Å². The number of rotatable bonds is 6. The zero-order chi connectivity index (χ0) is 14.7. The normalized spacial score (nSPS) is 26.4. The third-order valence-corrected chi connectivity index (χ3v) is 4.52. The van der Waals surface area contributed by atoms with Crippen LogP contribution in [0.1, 0.15) is 32.4 Å². The Morgan fingerprint density at radius 1 is 1.48 bits per heavy atom. The summed E-state index contributed by atoms with van der Waals surface area (Å²) in [5.41, 5.74) is 1.25. The Morgan fingerprint density at radius 2 is 2.38 bits per heavy atom. The second kappa shape index (κ2) is 6.90. The van der Waals surface area contributed by atoms with Crippen molar-refractivity contribution >= 4 is 0 Å². The number of aromatic nitrogens is 2. The smallest absolute Gasteiger partial charge is 0.0949 e. The van der Waals surface area contributed by atoms with Crippen molar-refractivity contribution in [3.05, 3.63) is 18.2 Å². The van der Waals surface area contributed by atoms with E-state index in [0.29, 0.717) is 18.1 Å². The van der Waals surface area contributed by atoms with E-state index in [-0.39, 0.29) is 0 Å². The summed E-state index contributed by atoms with van der Waals surface area (Å²) in [7, 11) is 0. The lowest BCUT2D eigenvalue weighted by atomic mass is 10.2. The average Bonchev–Trinajstić information content (AvgIpc) is 3.07. The molecule has 21 heavy (non-hydrogen) atoms. The minimum atomic E-state index is 0.303. The topological polar surface area (TPSA) is 42.3 Å².